The van der Waals surface area contributed by atoms with Crippen molar-refractivity contribution >= 4 is 11.6 Å². The van der Waals surface area contributed by atoms with Crippen molar-refractivity contribution in [3.8, 4) is 0 Å². The van der Waals surface area contributed by atoms with Gasteiger partial charge in [0, 0.05) is 5.69 Å². The molecule has 3 N–H and O–H groups in total. The average molecular weight is 207 g/mol. The third kappa shape index (κ3) is 3.02. The first-order valence-electron chi connectivity index (χ1n) is 5.05. The standard InChI is InChI=1S/C11H17N3O/c1-4-9(12)11(15)14-10-6-5-7(2)13-8(10)3/h5-6,9H,4,12H2,1-3H3,(H,14,15)/t9-/m0/s1. The van der Waals surface area contributed by atoms with Gasteiger partial charge in [0.2, 0.25) is 5.91 Å². The topological polar surface area (TPSA) is 68.0 Å². The summed E-state index contributed by atoms with van der Waals surface area (Å²) in [6.45, 7) is 5.65. The molecule has 1 rings (SSSR count). The minimum atomic E-state index is -0.453. The van der Waals surface area contributed by atoms with E-state index in [1.165, 1.54) is 0 Å². The molecule has 0 aromatic carbocycles. The fourth-order valence-electron chi connectivity index (χ4n) is 1.23. The minimum absolute atomic E-state index is 0.161. The van der Waals surface area contributed by atoms with Crippen LogP contribution >= 0.6 is 0 Å². The number of carbonyl (C=O) groups is 1. The summed E-state index contributed by atoms with van der Waals surface area (Å²) >= 11 is 0. The Balaban J connectivity index is 2.77. The minimum Gasteiger partial charge on any atom is -0.323 e. The van der Waals surface area contributed by atoms with E-state index in [9.17, 15) is 4.79 Å². The van der Waals surface area contributed by atoms with Crippen LogP contribution in [-0.4, -0.2) is 16.9 Å². The highest BCUT2D eigenvalue weighted by Gasteiger charge is 2.12. The van der Waals surface area contributed by atoms with Gasteiger partial charge in [-0.15, -0.1) is 0 Å². The van der Waals surface area contributed by atoms with Gasteiger partial charge in [-0.3, -0.25) is 9.78 Å². The first-order chi connectivity index (χ1) is 7.04. The lowest BCUT2D eigenvalue weighted by atomic mass is 10.2. The van der Waals surface area contributed by atoms with Gasteiger partial charge in [0.1, 0.15) is 0 Å². The summed E-state index contributed by atoms with van der Waals surface area (Å²) in [5.41, 5.74) is 8.09. The first kappa shape index (κ1) is 11.7. The van der Waals surface area contributed by atoms with Gasteiger partial charge in [-0.25, -0.2) is 0 Å². The zero-order valence-electron chi connectivity index (χ0n) is 9.37. The number of amides is 1. The molecule has 1 heterocycles. The molecule has 1 amide bonds. The van der Waals surface area contributed by atoms with Crippen molar-refractivity contribution in [1.82, 2.24) is 4.98 Å². The van der Waals surface area contributed by atoms with Gasteiger partial charge in [0.15, 0.2) is 0 Å². The van der Waals surface area contributed by atoms with Crippen LogP contribution in [0.1, 0.15) is 24.7 Å². The van der Waals surface area contributed by atoms with E-state index in [2.05, 4.69) is 10.3 Å². The predicted molar refractivity (Wildman–Crippen MR) is 60.6 cm³/mol. The van der Waals surface area contributed by atoms with E-state index >= 15 is 0 Å². The van der Waals surface area contributed by atoms with Crippen molar-refractivity contribution in [2.75, 3.05) is 5.32 Å². The molecular weight excluding hydrogens is 190 g/mol. The van der Waals surface area contributed by atoms with Gasteiger partial charge in [-0.05, 0) is 32.4 Å². The highest BCUT2D eigenvalue weighted by Crippen LogP contribution is 2.12. The lowest BCUT2D eigenvalue weighted by Gasteiger charge is -2.11. The highest BCUT2D eigenvalue weighted by molar-refractivity contribution is 5.95. The van der Waals surface area contributed by atoms with Crippen LogP contribution in [-0.2, 0) is 4.79 Å². The van der Waals surface area contributed by atoms with Gasteiger partial charge >= 0.3 is 0 Å². The number of carbonyl (C=O) groups excluding carboxylic acids is 1. The third-order valence-electron chi connectivity index (χ3n) is 2.26. The Morgan fingerprint density at radius 2 is 2.20 bits per heavy atom. The van der Waals surface area contributed by atoms with Crippen LogP contribution in [0.4, 0.5) is 5.69 Å². The van der Waals surface area contributed by atoms with Crippen molar-refractivity contribution in [3.05, 3.63) is 23.5 Å². The summed E-state index contributed by atoms with van der Waals surface area (Å²) in [5.74, 6) is -0.161. The number of anilines is 1. The quantitative estimate of drug-likeness (QED) is 0.786. The monoisotopic (exact) mass is 207 g/mol. The molecule has 82 valence electrons. The largest absolute Gasteiger partial charge is 0.323 e. The Morgan fingerprint density at radius 1 is 1.53 bits per heavy atom. The highest BCUT2D eigenvalue weighted by atomic mass is 16.2. The predicted octanol–water partition coefficient (Wildman–Crippen LogP) is 1.37. The number of rotatable bonds is 3. The summed E-state index contributed by atoms with van der Waals surface area (Å²) in [5, 5.41) is 2.76. The lowest BCUT2D eigenvalue weighted by Crippen LogP contribution is -2.35. The van der Waals surface area contributed by atoms with Crippen molar-refractivity contribution in [2.24, 2.45) is 5.73 Å². The van der Waals surface area contributed by atoms with Crippen molar-refractivity contribution < 1.29 is 4.79 Å². The molecule has 0 aliphatic heterocycles. The van der Waals surface area contributed by atoms with Gasteiger partial charge in [0.05, 0.1) is 17.4 Å². The van der Waals surface area contributed by atoms with Crippen LogP contribution in [0.5, 0.6) is 0 Å². The third-order valence-corrected chi connectivity index (χ3v) is 2.26. The fourth-order valence-corrected chi connectivity index (χ4v) is 1.23. The molecule has 0 saturated heterocycles. The molecule has 0 saturated carbocycles. The van der Waals surface area contributed by atoms with Gasteiger partial charge in [-0.1, -0.05) is 6.92 Å². The Hall–Kier alpha value is -1.42. The van der Waals surface area contributed by atoms with E-state index in [1.807, 2.05) is 32.9 Å². The summed E-state index contributed by atoms with van der Waals surface area (Å²) < 4.78 is 0. The van der Waals surface area contributed by atoms with Gasteiger partial charge in [-0.2, -0.15) is 0 Å². The molecule has 1 aromatic rings. The maximum atomic E-state index is 11.5. The van der Waals surface area contributed by atoms with Crippen LogP contribution in [0.3, 0.4) is 0 Å². The van der Waals surface area contributed by atoms with Crippen molar-refractivity contribution in [2.45, 2.75) is 33.2 Å². The Morgan fingerprint density at radius 3 is 2.73 bits per heavy atom. The first-order valence-corrected chi connectivity index (χ1v) is 5.05. The SMILES string of the molecule is CC[C@H](N)C(=O)Nc1ccc(C)nc1C. The number of hydrogen-bond acceptors (Lipinski definition) is 3. The van der Waals surface area contributed by atoms with E-state index in [-0.39, 0.29) is 5.91 Å². The van der Waals surface area contributed by atoms with E-state index < -0.39 is 6.04 Å². The van der Waals surface area contributed by atoms with Gasteiger partial charge in [0.25, 0.3) is 0 Å². The fraction of sp³-hybridized carbons (Fsp3) is 0.455. The Labute approximate surface area is 89.9 Å². The molecule has 4 heteroatoms. The molecule has 0 radical (unpaired) electrons. The lowest BCUT2D eigenvalue weighted by molar-refractivity contribution is -0.117. The average Bonchev–Trinajstić information content (AvgIpc) is 2.20. The molecule has 0 bridgehead atoms. The molecule has 0 spiro atoms. The van der Waals surface area contributed by atoms with E-state index in [0.717, 1.165) is 17.1 Å². The van der Waals surface area contributed by atoms with Crippen LogP contribution in [0, 0.1) is 13.8 Å². The summed E-state index contributed by atoms with van der Waals surface area (Å²) in [6.07, 6.45) is 0.629. The second-order valence-corrected chi connectivity index (χ2v) is 3.59. The smallest absolute Gasteiger partial charge is 0.241 e. The van der Waals surface area contributed by atoms with Crippen LogP contribution in [0.25, 0.3) is 0 Å². The molecule has 15 heavy (non-hydrogen) atoms. The van der Waals surface area contributed by atoms with Gasteiger partial charge < -0.3 is 11.1 Å². The number of aromatic nitrogens is 1. The molecule has 4 nitrogen and oxygen atoms in total. The molecule has 1 aromatic heterocycles. The summed E-state index contributed by atoms with van der Waals surface area (Å²) in [6, 6.07) is 3.25. The molecule has 1 atom stereocenters. The number of nitrogens with two attached hydrogens (primary N) is 1. The normalized spacial score (nSPS) is 12.3. The number of nitrogens with zero attached hydrogens (tertiary/aromatic N) is 1. The molecule has 0 aliphatic rings. The summed E-state index contributed by atoms with van der Waals surface area (Å²) in [7, 11) is 0. The van der Waals surface area contributed by atoms with Crippen LogP contribution in [0.2, 0.25) is 0 Å². The molecule has 0 unspecified atom stereocenters. The second kappa shape index (κ2) is 4.89. The zero-order chi connectivity index (χ0) is 11.4. The Bertz CT molecular complexity index is 363. The number of hydrogen-bond donors (Lipinski definition) is 2. The van der Waals surface area contributed by atoms with Crippen LogP contribution in [0.15, 0.2) is 12.1 Å². The molecule has 0 fully saturated rings. The Kier molecular flexibility index (Phi) is 3.80. The molecule has 0 aliphatic carbocycles. The van der Waals surface area contributed by atoms with E-state index in [4.69, 9.17) is 5.73 Å². The zero-order valence-corrected chi connectivity index (χ0v) is 9.37. The number of pyridine rings is 1. The van der Waals surface area contributed by atoms with Crippen molar-refractivity contribution in [1.29, 1.82) is 0 Å². The summed E-state index contributed by atoms with van der Waals surface area (Å²) in [4.78, 5) is 15.8. The number of nitrogens with one attached hydrogen (secondary N) is 1. The van der Waals surface area contributed by atoms with E-state index in [1.54, 1.807) is 0 Å². The maximum absolute atomic E-state index is 11.5. The maximum Gasteiger partial charge on any atom is 0.241 e. The number of aryl methyl sites for hydroxylation is 2. The van der Waals surface area contributed by atoms with E-state index in [0.29, 0.717) is 6.42 Å². The second-order valence-electron chi connectivity index (χ2n) is 3.59. The molecular formula is C11H17N3O. The van der Waals surface area contributed by atoms with Crippen molar-refractivity contribution in [3.63, 3.8) is 0 Å². The van der Waals surface area contributed by atoms with Crippen LogP contribution < -0.4 is 11.1 Å².